The van der Waals surface area contributed by atoms with Crippen LogP contribution in [0.25, 0.3) is 11.3 Å². The number of rotatable bonds is 4. The molecule has 2 N–H and O–H groups in total. The van der Waals surface area contributed by atoms with Crippen molar-refractivity contribution >= 4 is 46.3 Å². The average Bonchev–Trinajstić information content (AvgIpc) is 3.61. The normalized spacial score (nSPS) is 21.6. The maximum absolute atomic E-state index is 15.3. The molecule has 0 bridgehead atoms. The number of halogens is 2. The Balaban J connectivity index is 1.26. The second-order valence-electron chi connectivity index (χ2n) is 10.2. The number of aromatic nitrogens is 4. The summed E-state index contributed by atoms with van der Waals surface area (Å²) in [6.07, 6.45) is 4.10. The van der Waals surface area contributed by atoms with E-state index in [9.17, 15) is 14.4 Å². The molecule has 0 spiro atoms. The third kappa shape index (κ3) is 3.76. The van der Waals surface area contributed by atoms with Crippen LogP contribution in [0.2, 0.25) is 5.02 Å². The lowest BCUT2D eigenvalue weighted by Gasteiger charge is -2.33. The van der Waals surface area contributed by atoms with E-state index in [1.165, 1.54) is 23.2 Å². The Bertz CT molecular complexity index is 1540. The van der Waals surface area contributed by atoms with Crippen molar-refractivity contribution in [2.75, 3.05) is 10.6 Å². The van der Waals surface area contributed by atoms with E-state index < -0.39 is 17.3 Å². The van der Waals surface area contributed by atoms with E-state index in [-0.39, 0.29) is 34.3 Å². The van der Waals surface area contributed by atoms with E-state index in [1.807, 2.05) is 13.8 Å². The van der Waals surface area contributed by atoms with Crippen molar-refractivity contribution in [1.82, 2.24) is 25.1 Å². The van der Waals surface area contributed by atoms with Crippen molar-refractivity contribution in [3.8, 4) is 5.69 Å². The summed E-state index contributed by atoms with van der Waals surface area (Å²) in [6, 6.07) is 7.34. The predicted molar refractivity (Wildman–Crippen MR) is 137 cm³/mol. The molecule has 1 fully saturated rings. The van der Waals surface area contributed by atoms with Gasteiger partial charge in [0, 0.05) is 29.1 Å². The molecule has 194 valence electrons. The van der Waals surface area contributed by atoms with Gasteiger partial charge in [-0.15, -0.1) is 5.10 Å². The van der Waals surface area contributed by atoms with Crippen molar-refractivity contribution in [3.63, 3.8) is 0 Å². The van der Waals surface area contributed by atoms with Crippen LogP contribution in [0.4, 0.5) is 15.8 Å². The lowest BCUT2D eigenvalue weighted by molar-refractivity contribution is -0.135. The van der Waals surface area contributed by atoms with Crippen molar-refractivity contribution in [3.05, 3.63) is 64.7 Å². The van der Waals surface area contributed by atoms with Crippen molar-refractivity contribution in [2.45, 2.75) is 50.6 Å². The van der Waals surface area contributed by atoms with E-state index in [2.05, 4.69) is 26.2 Å². The number of hydrogen-bond donors (Lipinski definition) is 2. The van der Waals surface area contributed by atoms with Crippen molar-refractivity contribution in [2.24, 2.45) is 0 Å². The Morgan fingerprint density at radius 1 is 1.21 bits per heavy atom. The summed E-state index contributed by atoms with van der Waals surface area (Å²) in [5.41, 5.74) is 2.36. The Hall–Kier alpha value is -4.12. The lowest BCUT2D eigenvalue weighted by Crippen LogP contribution is -2.48. The molecule has 10 nitrogen and oxygen atoms in total. The Morgan fingerprint density at radius 2 is 2.03 bits per heavy atom. The lowest BCUT2D eigenvalue weighted by atomic mass is 9.86. The molecular weight excluding hydrogens is 513 g/mol. The molecule has 0 aliphatic carbocycles. The van der Waals surface area contributed by atoms with Crippen LogP contribution in [0.1, 0.15) is 44.2 Å². The van der Waals surface area contributed by atoms with Gasteiger partial charge >= 0.3 is 0 Å². The monoisotopic (exact) mass is 535 g/mol. The zero-order valence-corrected chi connectivity index (χ0v) is 21.3. The molecule has 3 aliphatic rings. The van der Waals surface area contributed by atoms with Crippen LogP contribution in [-0.2, 0) is 19.8 Å². The van der Waals surface area contributed by atoms with Gasteiger partial charge in [0.05, 0.1) is 16.1 Å². The summed E-state index contributed by atoms with van der Waals surface area (Å²) in [5.74, 6) is -1.45. The highest BCUT2D eigenvalue weighted by Crippen LogP contribution is 2.41. The van der Waals surface area contributed by atoms with Crippen LogP contribution in [0, 0.1) is 5.82 Å². The quantitative estimate of drug-likeness (QED) is 0.527. The van der Waals surface area contributed by atoms with Crippen molar-refractivity contribution < 1.29 is 18.8 Å². The zero-order chi connectivity index (χ0) is 26.8. The number of amides is 3. The highest BCUT2D eigenvalue weighted by Gasteiger charge is 2.44. The van der Waals surface area contributed by atoms with Crippen LogP contribution >= 0.6 is 11.6 Å². The third-order valence-electron chi connectivity index (χ3n) is 7.58. The highest BCUT2D eigenvalue weighted by atomic mass is 35.5. The SMILES string of the molecule is CC1(C)C(=O)Nc2ccc(NC(=O)[C@@H]3CC[C@@H]4CC(c5c(-n6cnnn6)ccc(Cl)c5F)=CC(=O)N43)cc21. The summed E-state index contributed by atoms with van der Waals surface area (Å²) in [4.78, 5) is 40.4. The molecule has 3 amide bonds. The van der Waals surface area contributed by atoms with Gasteiger partial charge in [0.15, 0.2) is 5.82 Å². The molecular formula is C26H23ClFN7O3. The largest absolute Gasteiger partial charge is 0.325 e. The Labute approximate surface area is 221 Å². The highest BCUT2D eigenvalue weighted by molar-refractivity contribution is 6.31. The second-order valence-corrected chi connectivity index (χ2v) is 10.6. The molecule has 3 aliphatic heterocycles. The summed E-state index contributed by atoms with van der Waals surface area (Å²) in [7, 11) is 0. The van der Waals surface area contributed by atoms with E-state index in [4.69, 9.17) is 11.6 Å². The minimum absolute atomic E-state index is 0.0781. The minimum Gasteiger partial charge on any atom is -0.325 e. The van der Waals surface area contributed by atoms with E-state index in [0.29, 0.717) is 36.2 Å². The Morgan fingerprint density at radius 3 is 2.79 bits per heavy atom. The molecule has 0 unspecified atom stereocenters. The number of nitrogens with zero attached hydrogens (tertiary/aromatic N) is 5. The molecule has 0 saturated carbocycles. The molecule has 4 heterocycles. The number of anilines is 2. The average molecular weight is 536 g/mol. The molecule has 12 heteroatoms. The predicted octanol–water partition coefficient (Wildman–Crippen LogP) is 3.47. The number of fused-ring (bicyclic) bond motifs is 2. The summed E-state index contributed by atoms with van der Waals surface area (Å²) in [5, 5.41) is 16.8. The number of carbonyl (C=O) groups excluding carboxylic acids is 3. The minimum atomic E-state index is -0.713. The first kappa shape index (κ1) is 24.2. The smallest absolute Gasteiger partial charge is 0.247 e. The fourth-order valence-corrected chi connectivity index (χ4v) is 5.73. The van der Waals surface area contributed by atoms with Gasteiger partial charge in [-0.25, -0.2) is 4.39 Å². The van der Waals surface area contributed by atoms with Gasteiger partial charge in [-0.3, -0.25) is 14.4 Å². The number of tetrazole rings is 1. The standard InChI is InChI=1S/C26H23ClFN7O3/c1-26(2)16-11-14(3-6-18(16)31-25(26)38)30-24(37)20-7-4-15-9-13(10-21(36)35(15)20)22-19(34-12-29-32-33-34)8-5-17(27)23(22)28/h3,5-6,8,10-12,15,20H,4,7,9H2,1-2H3,(H,30,37)(H,31,38)/t15-,20+/m1/s1. The van der Waals surface area contributed by atoms with Gasteiger partial charge in [0.25, 0.3) is 0 Å². The number of nitrogens with one attached hydrogen (secondary N) is 2. The van der Waals surface area contributed by atoms with Gasteiger partial charge in [-0.05, 0) is 85.0 Å². The molecule has 2 aromatic carbocycles. The van der Waals surface area contributed by atoms with Gasteiger partial charge in [0.2, 0.25) is 17.7 Å². The molecule has 1 saturated heterocycles. The van der Waals surface area contributed by atoms with Crippen LogP contribution in [0.5, 0.6) is 0 Å². The van der Waals surface area contributed by atoms with Crippen molar-refractivity contribution in [1.29, 1.82) is 0 Å². The first-order valence-electron chi connectivity index (χ1n) is 12.2. The van der Waals surface area contributed by atoms with Gasteiger partial charge < -0.3 is 15.5 Å². The van der Waals surface area contributed by atoms with Gasteiger partial charge in [-0.1, -0.05) is 11.6 Å². The van der Waals surface area contributed by atoms with Crippen LogP contribution in [0.3, 0.4) is 0 Å². The molecule has 0 radical (unpaired) electrons. The molecule has 38 heavy (non-hydrogen) atoms. The first-order chi connectivity index (χ1) is 18.1. The summed E-state index contributed by atoms with van der Waals surface area (Å²) < 4.78 is 16.6. The summed E-state index contributed by atoms with van der Waals surface area (Å²) in [6.45, 7) is 3.65. The molecule has 2 atom stereocenters. The van der Waals surface area contributed by atoms with Crippen LogP contribution in [-0.4, -0.2) is 54.9 Å². The fourth-order valence-electron chi connectivity index (χ4n) is 5.57. The molecule has 1 aromatic heterocycles. The van der Waals surface area contributed by atoms with E-state index in [1.54, 1.807) is 29.2 Å². The topological polar surface area (TPSA) is 122 Å². The van der Waals surface area contributed by atoms with E-state index >= 15 is 4.39 Å². The maximum Gasteiger partial charge on any atom is 0.247 e. The molecule has 3 aromatic rings. The van der Waals surface area contributed by atoms with Crippen LogP contribution < -0.4 is 10.6 Å². The fraction of sp³-hybridized carbons (Fsp3) is 0.308. The van der Waals surface area contributed by atoms with Gasteiger partial charge in [0.1, 0.15) is 12.4 Å². The zero-order valence-electron chi connectivity index (χ0n) is 20.5. The first-order valence-corrected chi connectivity index (χ1v) is 12.5. The van der Waals surface area contributed by atoms with E-state index in [0.717, 1.165) is 11.3 Å². The number of carbonyl (C=O) groups is 3. The number of benzene rings is 2. The summed E-state index contributed by atoms with van der Waals surface area (Å²) >= 11 is 6.08. The molecule has 6 rings (SSSR count). The Kier molecular flexibility index (Phi) is 5.56. The third-order valence-corrected chi connectivity index (χ3v) is 7.87. The maximum atomic E-state index is 15.3. The second kappa shape index (κ2) is 8.73. The number of hydrogen-bond acceptors (Lipinski definition) is 6. The van der Waals surface area contributed by atoms with Crippen LogP contribution in [0.15, 0.2) is 42.7 Å². The van der Waals surface area contributed by atoms with Gasteiger partial charge in [-0.2, -0.15) is 4.68 Å².